The molecule has 34 heavy (non-hydrogen) atoms. The standard InChI is InChI=1S/C28H29N3O3/c1-19(24-25(32)31-27(30-24)29-18-15-20-11-5-2-6-12-20)22-23(21-13-7-3-8-14-21)28(34-26(22)33)16-9-4-10-17-28/h2-3,5-8,11-14H,4,9-10,15-18H2,1H3,(H2,29,30,31,32)/b24-19+. The highest BCUT2D eigenvalue weighted by Crippen LogP contribution is 2.50. The molecule has 0 unspecified atom stereocenters. The van der Waals surface area contributed by atoms with E-state index in [0.29, 0.717) is 29.3 Å². The highest BCUT2D eigenvalue weighted by molar-refractivity contribution is 6.16. The molecule has 174 valence electrons. The van der Waals surface area contributed by atoms with E-state index in [0.717, 1.165) is 49.7 Å². The Bertz CT molecular complexity index is 1190. The number of guanidine groups is 1. The van der Waals surface area contributed by atoms with Gasteiger partial charge < -0.3 is 10.1 Å². The van der Waals surface area contributed by atoms with Crippen LogP contribution in [-0.2, 0) is 20.7 Å². The van der Waals surface area contributed by atoms with Gasteiger partial charge in [0.05, 0.1) is 5.57 Å². The first kappa shape index (κ1) is 22.1. The second-order valence-electron chi connectivity index (χ2n) is 9.11. The molecule has 2 fully saturated rings. The van der Waals surface area contributed by atoms with Gasteiger partial charge in [-0.05, 0) is 55.7 Å². The van der Waals surface area contributed by atoms with E-state index >= 15 is 0 Å². The van der Waals surface area contributed by atoms with Crippen molar-refractivity contribution in [3.05, 3.63) is 88.6 Å². The van der Waals surface area contributed by atoms with Crippen LogP contribution in [0.1, 0.15) is 50.2 Å². The summed E-state index contributed by atoms with van der Waals surface area (Å²) >= 11 is 0. The average molecular weight is 456 g/mol. The summed E-state index contributed by atoms with van der Waals surface area (Å²) in [7, 11) is 0. The maximum Gasteiger partial charge on any atom is 0.339 e. The molecule has 0 atom stereocenters. The Morgan fingerprint density at radius 3 is 2.32 bits per heavy atom. The first-order chi connectivity index (χ1) is 16.6. The van der Waals surface area contributed by atoms with E-state index in [2.05, 4.69) is 27.8 Å². The van der Waals surface area contributed by atoms with Gasteiger partial charge in [0.15, 0.2) is 0 Å². The Kier molecular flexibility index (Phi) is 6.05. The molecule has 0 bridgehead atoms. The number of nitrogens with one attached hydrogen (secondary N) is 2. The van der Waals surface area contributed by atoms with Crippen molar-refractivity contribution in [3.63, 3.8) is 0 Å². The number of esters is 1. The molecule has 2 aromatic carbocycles. The fraction of sp³-hybridized carbons (Fsp3) is 0.321. The van der Waals surface area contributed by atoms with E-state index < -0.39 is 5.60 Å². The highest BCUT2D eigenvalue weighted by Gasteiger charge is 2.49. The molecule has 1 saturated carbocycles. The van der Waals surface area contributed by atoms with Gasteiger partial charge in [0.1, 0.15) is 11.3 Å². The molecule has 2 aliphatic heterocycles. The third-order valence-corrected chi connectivity index (χ3v) is 6.89. The molecule has 2 aromatic rings. The molecule has 5 rings (SSSR count). The molecule has 3 aliphatic rings. The van der Waals surface area contributed by atoms with Gasteiger partial charge in [0.25, 0.3) is 5.91 Å². The molecule has 1 saturated heterocycles. The Morgan fingerprint density at radius 2 is 1.62 bits per heavy atom. The lowest BCUT2D eigenvalue weighted by Crippen LogP contribution is -2.33. The van der Waals surface area contributed by atoms with Crippen LogP contribution in [0.4, 0.5) is 0 Å². The lowest BCUT2D eigenvalue weighted by molar-refractivity contribution is -0.147. The normalized spacial score (nSPS) is 22.1. The summed E-state index contributed by atoms with van der Waals surface area (Å²) in [5.74, 6) is -0.223. The summed E-state index contributed by atoms with van der Waals surface area (Å²) in [6, 6.07) is 20.0. The third kappa shape index (κ3) is 4.16. The number of aliphatic imine (C=N–C) groups is 1. The maximum absolute atomic E-state index is 13.2. The maximum atomic E-state index is 13.2. The summed E-state index contributed by atoms with van der Waals surface area (Å²) in [6.07, 6.45) is 5.57. The average Bonchev–Trinajstić information content (AvgIpc) is 3.36. The summed E-state index contributed by atoms with van der Waals surface area (Å²) in [4.78, 5) is 30.6. The van der Waals surface area contributed by atoms with E-state index in [1.807, 2.05) is 55.5 Å². The van der Waals surface area contributed by atoms with Crippen LogP contribution in [0, 0.1) is 0 Å². The van der Waals surface area contributed by atoms with Crippen LogP contribution in [-0.4, -0.2) is 30.0 Å². The summed E-state index contributed by atoms with van der Waals surface area (Å²) in [5.41, 5.74) is 3.90. The van der Waals surface area contributed by atoms with E-state index in [9.17, 15) is 9.59 Å². The fourth-order valence-corrected chi connectivity index (χ4v) is 5.22. The number of carbonyl (C=O) groups excluding carboxylic acids is 2. The van der Waals surface area contributed by atoms with Crippen molar-refractivity contribution in [2.24, 2.45) is 4.99 Å². The number of benzene rings is 2. The first-order valence-electron chi connectivity index (χ1n) is 12.0. The van der Waals surface area contributed by atoms with Crippen molar-refractivity contribution >= 4 is 23.4 Å². The zero-order chi connectivity index (χ0) is 23.5. The zero-order valence-corrected chi connectivity index (χ0v) is 19.4. The lowest BCUT2D eigenvalue weighted by Gasteiger charge is -2.34. The minimum absolute atomic E-state index is 0.284. The predicted octanol–water partition coefficient (Wildman–Crippen LogP) is 4.29. The molecule has 1 spiro atoms. The number of ether oxygens (including phenoxy) is 1. The Hall–Kier alpha value is -3.67. The van der Waals surface area contributed by atoms with Crippen molar-refractivity contribution in [2.45, 2.75) is 51.0 Å². The molecule has 6 nitrogen and oxygen atoms in total. The molecule has 1 aliphatic carbocycles. The van der Waals surface area contributed by atoms with Gasteiger partial charge in [-0.2, -0.15) is 0 Å². The third-order valence-electron chi connectivity index (χ3n) is 6.89. The second kappa shape index (κ2) is 9.29. The molecule has 2 heterocycles. The van der Waals surface area contributed by atoms with Crippen molar-refractivity contribution < 1.29 is 14.3 Å². The summed E-state index contributed by atoms with van der Waals surface area (Å²) in [6.45, 7) is 2.36. The van der Waals surface area contributed by atoms with Gasteiger partial charge in [0.2, 0.25) is 5.96 Å². The predicted molar refractivity (Wildman–Crippen MR) is 132 cm³/mol. The number of nitrogens with zero attached hydrogens (tertiary/aromatic N) is 1. The van der Waals surface area contributed by atoms with Crippen LogP contribution in [0.3, 0.4) is 0 Å². The second-order valence-corrected chi connectivity index (χ2v) is 9.11. The molecule has 0 aromatic heterocycles. The van der Waals surface area contributed by atoms with Crippen molar-refractivity contribution in [2.75, 3.05) is 6.54 Å². The molecule has 0 radical (unpaired) electrons. The smallest absolute Gasteiger partial charge is 0.339 e. The van der Waals surface area contributed by atoms with Gasteiger partial charge >= 0.3 is 5.97 Å². The van der Waals surface area contributed by atoms with E-state index in [-0.39, 0.29) is 11.9 Å². The van der Waals surface area contributed by atoms with Gasteiger partial charge in [-0.3, -0.25) is 15.1 Å². The van der Waals surface area contributed by atoms with Crippen LogP contribution in [0.2, 0.25) is 0 Å². The van der Waals surface area contributed by atoms with Crippen molar-refractivity contribution in [3.8, 4) is 0 Å². The topological polar surface area (TPSA) is 79.8 Å². The molecule has 2 N–H and O–H groups in total. The molecule has 6 heteroatoms. The number of hydrogen-bond donors (Lipinski definition) is 2. The SMILES string of the molecule is C/C(C1=C(c2ccccc2)C2(CCCCC2)OC1=O)=C1\NC(=NCCc2ccccc2)NC1=O. The van der Waals surface area contributed by atoms with Crippen LogP contribution < -0.4 is 10.6 Å². The molecular weight excluding hydrogens is 426 g/mol. The minimum Gasteiger partial charge on any atom is -0.451 e. The number of amides is 1. The van der Waals surface area contributed by atoms with E-state index in [4.69, 9.17) is 4.74 Å². The Morgan fingerprint density at radius 1 is 0.941 bits per heavy atom. The largest absolute Gasteiger partial charge is 0.451 e. The molecular formula is C28H29N3O3. The Labute approximate surface area is 199 Å². The van der Waals surface area contributed by atoms with Gasteiger partial charge in [-0.25, -0.2) is 4.79 Å². The van der Waals surface area contributed by atoms with Crippen LogP contribution >= 0.6 is 0 Å². The number of rotatable bonds is 5. The van der Waals surface area contributed by atoms with Crippen molar-refractivity contribution in [1.82, 2.24) is 10.6 Å². The first-order valence-corrected chi connectivity index (χ1v) is 12.0. The van der Waals surface area contributed by atoms with Gasteiger partial charge in [-0.15, -0.1) is 0 Å². The Balaban J connectivity index is 1.48. The molecule has 1 amide bonds. The zero-order valence-electron chi connectivity index (χ0n) is 19.4. The van der Waals surface area contributed by atoms with Crippen LogP contribution in [0.25, 0.3) is 5.57 Å². The summed E-state index contributed by atoms with van der Waals surface area (Å²) in [5, 5.41) is 5.92. The summed E-state index contributed by atoms with van der Waals surface area (Å²) < 4.78 is 6.09. The van der Waals surface area contributed by atoms with E-state index in [1.165, 1.54) is 5.56 Å². The van der Waals surface area contributed by atoms with Gasteiger partial charge in [0, 0.05) is 12.1 Å². The highest BCUT2D eigenvalue weighted by atomic mass is 16.6. The fourth-order valence-electron chi connectivity index (χ4n) is 5.22. The number of hydrogen-bond acceptors (Lipinski definition) is 4. The monoisotopic (exact) mass is 455 g/mol. The number of carbonyl (C=O) groups is 2. The van der Waals surface area contributed by atoms with Crippen LogP contribution in [0.15, 0.2) is 82.5 Å². The lowest BCUT2D eigenvalue weighted by atomic mass is 9.75. The van der Waals surface area contributed by atoms with Crippen molar-refractivity contribution in [1.29, 1.82) is 0 Å². The minimum atomic E-state index is -0.616. The van der Waals surface area contributed by atoms with E-state index in [1.54, 1.807) is 0 Å². The van der Waals surface area contributed by atoms with Gasteiger partial charge in [-0.1, -0.05) is 67.1 Å². The quantitative estimate of drug-likeness (QED) is 0.521. The van der Waals surface area contributed by atoms with Crippen LogP contribution in [0.5, 0.6) is 0 Å².